The van der Waals surface area contributed by atoms with Gasteiger partial charge in [0.05, 0.1) is 0 Å². The number of amides is 1. The van der Waals surface area contributed by atoms with E-state index in [0.717, 1.165) is 25.4 Å². The van der Waals surface area contributed by atoms with Crippen molar-refractivity contribution in [3.8, 4) is 0 Å². The Kier molecular flexibility index (Phi) is 6.64. The molecule has 0 aromatic carbocycles. The Hall–Kier alpha value is -1.08. The van der Waals surface area contributed by atoms with E-state index < -0.39 is 6.09 Å². The molecule has 0 atom stereocenters. The van der Waals surface area contributed by atoms with E-state index in [-0.39, 0.29) is 5.04 Å². The molecule has 1 saturated heterocycles. The summed E-state index contributed by atoms with van der Waals surface area (Å²) in [7, 11) is 1.43. The molecule has 96 valence electrons. The minimum Gasteiger partial charge on any atom is -0.323 e. The van der Waals surface area contributed by atoms with Gasteiger partial charge in [-0.2, -0.15) is 0 Å². The molecular formula is C10H17N3O3S. The normalized spacial score (nSPS) is 16.9. The van der Waals surface area contributed by atoms with Crippen molar-refractivity contribution >= 4 is 29.2 Å². The number of rotatable bonds is 5. The third kappa shape index (κ3) is 5.69. The van der Waals surface area contributed by atoms with Gasteiger partial charge in [-0.05, 0) is 25.9 Å². The molecule has 0 spiro atoms. The van der Waals surface area contributed by atoms with E-state index in [1.54, 1.807) is 0 Å². The van der Waals surface area contributed by atoms with Crippen LogP contribution in [-0.2, 0) is 9.63 Å². The van der Waals surface area contributed by atoms with Gasteiger partial charge >= 0.3 is 6.09 Å². The van der Waals surface area contributed by atoms with Crippen LogP contribution in [0.15, 0.2) is 5.16 Å². The van der Waals surface area contributed by atoms with E-state index in [1.165, 1.54) is 31.7 Å². The zero-order chi connectivity index (χ0) is 12.5. The van der Waals surface area contributed by atoms with Gasteiger partial charge in [0, 0.05) is 19.3 Å². The highest BCUT2D eigenvalue weighted by atomic mass is 32.2. The Morgan fingerprint density at radius 1 is 1.53 bits per heavy atom. The Labute approximate surface area is 105 Å². The molecule has 0 aliphatic carbocycles. The second-order valence-corrected chi connectivity index (χ2v) is 4.69. The van der Waals surface area contributed by atoms with Crippen molar-refractivity contribution in [1.29, 1.82) is 0 Å². The first-order valence-corrected chi connectivity index (χ1v) is 6.52. The summed E-state index contributed by atoms with van der Waals surface area (Å²) >= 11 is 1.30. The van der Waals surface area contributed by atoms with E-state index in [4.69, 9.17) is 0 Å². The molecule has 1 heterocycles. The minimum absolute atomic E-state index is 0.188. The zero-order valence-electron chi connectivity index (χ0n) is 9.85. The van der Waals surface area contributed by atoms with Crippen LogP contribution < -0.4 is 5.32 Å². The Morgan fingerprint density at radius 3 is 2.82 bits per heavy atom. The van der Waals surface area contributed by atoms with Gasteiger partial charge in [-0.25, -0.2) is 4.79 Å². The molecule has 0 unspecified atom stereocenters. The lowest BCUT2D eigenvalue weighted by Gasteiger charge is -2.12. The van der Waals surface area contributed by atoms with Gasteiger partial charge < -0.3 is 10.2 Å². The van der Waals surface area contributed by atoms with Crippen LogP contribution in [-0.4, -0.2) is 54.8 Å². The summed E-state index contributed by atoms with van der Waals surface area (Å²) in [5.74, 6) is 0.772. The lowest BCUT2D eigenvalue weighted by Crippen LogP contribution is -2.22. The standard InChI is InChI=1S/C10H17N3O3S/c1-11-10(15)16-12-9(8-14)17-7-6-13-4-2-3-5-13/h8H,2-7H2,1H3,(H,11,15)/b12-9+. The fourth-order valence-corrected chi connectivity index (χ4v) is 2.22. The largest absolute Gasteiger partial charge is 0.433 e. The molecule has 1 rings (SSSR count). The van der Waals surface area contributed by atoms with E-state index in [2.05, 4.69) is 20.2 Å². The number of oxime groups is 1. The van der Waals surface area contributed by atoms with Crippen molar-refractivity contribution in [3.05, 3.63) is 0 Å². The van der Waals surface area contributed by atoms with Crippen LogP contribution >= 0.6 is 11.8 Å². The Morgan fingerprint density at radius 2 is 2.24 bits per heavy atom. The molecule has 1 N–H and O–H groups in total. The highest BCUT2D eigenvalue weighted by Crippen LogP contribution is 2.10. The maximum atomic E-state index is 10.7. The summed E-state index contributed by atoms with van der Waals surface area (Å²) in [6, 6.07) is 0. The van der Waals surface area contributed by atoms with Crippen LogP contribution in [0, 0.1) is 0 Å². The van der Waals surface area contributed by atoms with Crippen LogP contribution in [0.5, 0.6) is 0 Å². The molecule has 0 saturated carbocycles. The molecular weight excluding hydrogens is 242 g/mol. The number of nitrogens with one attached hydrogen (secondary N) is 1. The third-order valence-electron chi connectivity index (χ3n) is 2.38. The molecule has 7 heteroatoms. The minimum atomic E-state index is -0.676. The number of thioether (sulfide) groups is 1. The summed E-state index contributed by atoms with van der Waals surface area (Å²) in [5, 5.41) is 5.89. The SMILES string of the molecule is CNC(=O)O/N=C(\C=O)SCCN1CCCC1. The van der Waals surface area contributed by atoms with Crippen molar-refractivity contribution in [2.45, 2.75) is 12.8 Å². The van der Waals surface area contributed by atoms with Crippen LogP contribution in [0.1, 0.15) is 12.8 Å². The quantitative estimate of drug-likeness (QED) is 0.258. The predicted molar refractivity (Wildman–Crippen MR) is 67.2 cm³/mol. The lowest BCUT2D eigenvalue weighted by atomic mass is 10.4. The average molecular weight is 259 g/mol. The summed E-state index contributed by atoms with van der Waals surface area (Å²) in [4.78, 5) is 28.2. The van der Waals surface area contributed by atoms with Crippen molar-refractivity contribution in [2.24, 2.45) is 5.16 Å². The number of likely N-dealkylation sites (tertiary alicyclic amines) is 1. The number of carbonyl (C=O) groups excluding carboxylic acids is 2. The summed E-state index contributed by atoms with van der Waals surface area (Å²) in [6.45, 7) is 3.18. The van der Waals surface area contributed by atoms with Crippen molar-refractivity contribution in [2.75, 3.05) is 32.4 Å². The highest BCUT2D eigenvalue weighted by molar-refractivity contribution is 8.15. The first-order valence-electron chi connectivity index (χ1n) is 5.53. The monoisotopic (exact) mass is 259 g/mol. The molecule has 0 radical (unpaired) electrons. The van der Waals surface area contributed by atoms with Gasteiger partial charge in [0.15, 0.2) is 11.3 Å². The summed E-state index contributed by atoms with van der Waals surface area (Å²) in [5.41, 5.74) is 0. The fourth-order valence-electron chi connectivity index (χ4n) is 1.50. The van der Waals surface area contributed by atoms with E-state index in [0.29, 0.717) is 6.29 Å². The topological polar surface area (TPSA) is 71.0 Å². The zero-order valence-corrected chi connectivity index (χ0v) is 10.7. The third-order valence-corrected chi connectivity index (χ3v) is 3.23. The maximum Gasteiger partial charge on any atom is 0.433 e. The maximum absolute atomic E-state index is 10.7. The Bertz CT molecular complexity index is 291. The van der Waals surface area contributed by atoms with Crippen molar-refractivity contribution in [1.82, 2.24) is 10.2 Å². The number of nitrogens with zero attached hydrogens (tertiary/aromatic N) is 2. The number of hydrogen-bond donors (Lipinski definition) is 1. The first kappa shape index (κ1) is 14.0. The fraction of sp³-hybridized carbons (Fsp3) is 0.700. The van der Waals surface area contributed by atoms with Crippen molar-refractivity contribution < 1.29 is 14.4 Å². The molecule has 6 nitrogen and oxygen atoms in total. The van der Waals surface area contributed by atoms with Gasteiger partial charge in [-0.3, -0.25) is 9.63 Å². The average Bonchev–Trinajstić information content (AvgIpc) is 2.86. The van der Waals surface area contributed by atoms with Crippen LogP contribution in [0.4, 0.5) is 4.79 Å². The van der Waals surface area contributed by atoms with Gasteiger partial charge in [-0.1, -0.05) is 16.9 Å². The van der Waals surface area contributed by atoms with Gasteiger partial charge in [0.2, 0.25) is 0 Å². The highest BCUT2D eigenvalue weighted by Gasteiger charge is 2.11. The van der Waals surface area contributed by atoms with Gasteiger partial charge in [0.1, 0.15) is 0 Å². The Balaban J connectivity index is 2.21. The van der Waals surface area contributed by atoms with Gasteiger partial charge in [-0.15, -0.1) is 0 Å². The molecule has 1 fully saturated rings. The first-order chi connectivity index (χ1) is 8.26. The van der Waals surface area contributed by atoms with E-state index >= 15 is 0 Å². The number of carbonyl (C=O) groups is 2. The van der Waals surface area contributed by atoms with Crippen molar-refractivity contribution in [3.63, 3.8) is 0 Å². The smallest absolute Gasteiger partial charge is 0.323 e. The summed E-state index contributed by atoms with van der Waals surface area (Å²) < 4.78 is 0. The number of aldehydes is 1. The van der Waals surface area contributed by atoms with Crippen LogP contribution in [0.3, 0.4) is 0 Å². The second-order valence-electron chi connectivity index (χ2n) is 3.57. The molecule has 0 bridgehead atoms. The lowest BCUT2D eigenvalue weighted by molar-refractivity contribution is -0.102. The molecule has 0 aromatic rings. The van der Waals surface area contributed by atoms with Crippen LogP contribution in [0.2, 0.25) is 0 Å². The molecule has 1 amide bonds. The van der Waals surface area contributed by atoms with E-state index in [9.17, 15) is 9.59 Å². The molecule has 17 heavy (non-hydrogen) atoms. The molecule has 1 aliphatic rings. The second kappa shape index (κ2) is 8.08. The molecule has 1 aliphatic heterocycles. The number of hydrogen-bond acceptors (Lipinski definition) is 6. The molecule has 0 aromatic heterocycles. The predicted octanol–water partition coefficient (Wildman–Crippen LogP) is 0.684. The van der Waals surface area contributed by atoms with E-state index in [1.807, 2.05) is 0 Å². The van der Waals surface area contributed by atoms with Crippen LogP contribution in [0.25, 0.3) is 0 Å². The van der Waals surface area contributed by atoms with Gasteiger partial charge in [0.25, 0.3) is 0 Å². The summed E-state index contributed by atoms with van der Waals surface area (Å²) in [6.07, 6.45) is 2.42.